The van der Waals surface area contributed by atoms with Gasteiger partial charge in [-0.2, -0.15) is 0 Å². The first kappa shape index (κ1) is 14.1. The number of rotatable bonds is 4. The van der Waals surface area contributed by atoms with E-state index in [4.69, 9.17) is 5.73 Å². The largest absolute Gasteiger partial charge is 0.399 e. The zero-order valence-corrected chi connectivity index (χ0v) is 13.0. The minimum atomic E-state index is -0.0671. The summed E-state index contributed by atoms with van der Waals surface area (Å²) in [5.74, 6) is 0.691. The Hall–Kier alpha value is -1.85. The molecule has 0 aliphatic heterocycles. The van der Waals surface area contributed by atoms with Crippen molar-refractivity contribution >= 4 is 28.1 Å². The molecule has 1 atom stereocenters. The van der Waals surface area contributed by atoms with E-state index < -0.39 is 0 Å². The van der Waals surface area contributed by atoms with Crippen LogP contribution in [0.1, 0.15) is 28.5 Å². The summed E-state index contributed by atoms with van der Waals surface area (Å²) in [5, 5.41) is 9.60. The molecule has 0 radical (unpaired) electrons. The molecule has 2 heterocycles. The van der Waals surface area contributed by atoms with Gasteiger partial charge in [0.25, 0.3) is 0 Å². The van der Waals surface area contributed by atoms with Crippen LogP contribution in [0.2, 0.25) is 0 Å². The third-order valence-corrected chi connectivity index (χ3v) is 4.68. The standard InChI is InChI=1S/C16H19N3OS/c1-10(7-13-5-3-11(2)21-13)19-15-6-4-12(17)8-14(15)18-16(19)9-20/h3-6,8,10,20H,7,9,17H2,1-2H3. The fraction of sp³-hybridized carbons (Fsp3) is 0.312. The third kappa shape index (κ3) is 2.66. The maximum absolute atomic E-state index is 9.60. The lowest BCUT2D eigenvalue weighted by Crippen LogP contribution is -2.11. The third-order valence-electron chi connectivity index (χ3n) is 3.66. The second kappa shape index (κ2) is 5.50. The highest BCUT2D eigenvalue weighted by molar-refractivity contribution is 7.11. The zero-order valence-electron chi connectivity index (χ0n) is 12.2. The molecule has 21 heavy (non-hydrogen) atoms. The van der Waals surface area contributed by atoms with Gasteiger partial charge in [-0.15, -0.1) is 11.3 Å². The van der Waals surface area contributed by atoms with Crippen molar-refractivity contribution in [2.24, 2.45) is 0 Å². The van der Waals surface area contributed by atoms with Gasteiger partial charge in [-0.1, -0.05) is 0 Å². The second-order valence-corrected chi connectivity index (χ2v) is 6.74. The number of hydrogen-bond acceptors (Lipinski definition) is 4. The SMILES string of the molecule is Cc1ccc(CC(C)n2c(CO)nc3cc(N)ccc32)s1. The van der Waals surface area contributed by atoms with Gasteiger partial charge >= 0.3 is 0 Å². The van der Waals surface area contributed by atoms with Crippen molar-refractivity contribution in [1.82, 2.24) is 9.55 Å². The van der Waals surface area contributed by atoms with Crippen LogP contribution in [0.3, 0.4) is 0 Å². The Morgan fingerprint density at radius 3 is 2.81 bits per heavy atom. The van der Waals surface area contributed by atoms with Gasteiger partial charge in [0.2, 0.25) is 0 Å². The van der Waals surface area contributed by atoms with Gasteiger partial charge in [0, 0.05) is 27.9 Å². The van der Waals surface area contributed by atoms with Gasteiger partial charge in [-0.05, 0) is 44.2 Å². The average Bonchev–Trinajstić information content (AvgIpc) is 3.01. The Morgan fingerprint density at radius 2 is 2.14 bits per heavy atom. The number of aromatic nitrogens is 2. The smallest absolute Gasteiger partial charge is 0.135 e. The summed E-state index contributed by atoms with van der Waals surface area (Å²) in [4.78, 5) is 7.17. The van der Waals surface area contributed by atoms with E-state index in [1.165, 1.54) is 9.75 Å². The van der Waals surface area contributed by atoms with E-state index in [0.29, 0.717) is 11.5 Å². The molecular formula is C16H19N3OS. The molecule has 0 aliphatic carbocycles. The molecule has 0 aliphatic rings. The van der Waals surface area contributed by atoms with Crippen LogP contribution >= 0.6 is 11.3 Å². The lowest BCUT2D eigenvalue weighted by Gasteiger charge is -2.16. The number of nitrogen functional groups attached to an aromatic ring is 1. The van der Waals surface area contributed by atoms with E-state index in [1.807, 2.05) is 29.5 Å². The van der Waals surface area contributed by atoms with Crippen molar-refractivity contribution in [3.05, 3.63) is 45.9 Å². The molecule has 2 aromatic heterocycles. The van der Waals surface area contributed by atoms with Crippen LogP contribution in [0.15, 0.2) is 30.3 Å². The van der Waals surface area contributed by atoms with Crippen molar-refractivity contribution in [3.63, 3.8) is 0 Å². The number of nitrogens with zero attached hydrogens (tertiary/aromatic N) is 2. The molecule has 0 saturated heterocycles. The van der Waals surface area contributed by atoms with Crippen LogP contribution in [0.5, 0.6) is 0 Å². The van der Waals surface area contributed by atoms with Crippen LogP contribution in [-0.4, -0.2) is 14.7 Å². The Balaban J connectivity index is 2.01. The minimum Gasteiger partial charge on any atom is -0.399 e. The van der Waals surface area contributed by atoms with E-state index in [1.54, 1.807) is 0 Å². The van der Waals surface area contributed by atoms with E-state index >= 15 is 0 Å². The highest BCUT2D eigenvalue weighted by Crippen LogP contribution is 2.27. The molecule has 3 aromatic rings. The van der Waals surface area contributed by atoms with E-state index in [9.17, 15) is 5.11 Å². The quantitative estimate of drug-likeness (QED) is 0.727. The van der Waals surface area contributed by atoms with E-state index in [2.05, 4.69) is 35.5 Å². The summed E-state index contributed by atoms with van der Waals surface area (Å²) >= 11 is 1.82. The zero-order chi connectivity index (χ0) is 15.0. The predicted octanol–water partition coefficient (Wildman–Crippen LogP) is 3.28. The number of benzene rings is 1. The van der Waals surface area contributed by atoms with Gasteiger partial charge in [0.05, 0.1) is 11.0 Å². The fourth-order valence-electron chi connectivity index (χ4n) is 2.75. The Bertz CT molecular complexity index is 775. The molecule has 5 heteroatoms. The van der Waals surface area contributed by atoms with Crippen LogP contribution in [0.4, 0.5) is 5.69 Å². The van der Waals surface area contributed by atoms with Crippen molar-refractivity contribution in [1.29, 1.82) is 0 Å². The van der Waals surface area contributed by atoms with Crippen LogP contribution < -0.4 is 5.73 Å². The minimum absolute atomic E-state index is 0.0671. The lowest BCUT2D eigenvalue weighted by atomic mass is 10.2. The molecule has 1 unspecified atom stereocenters. The number of fused-ring (bicyclic) bond motifs is 1. The fourth-order valence-corrected chi connectivity index (χ4v) is 3.76. The predicted molar refractivity (Wildman–Crippen MR) is 87.5 cm³/mol. The molecule has 110 valence electrons. The molecule has 0 spiro atoms. The van der Waals surface area contributed by atoms with Crippen LogP contribution in [0, 0.1) is 6.92 Å². The second-order valence-electron chi connectivity index (χ2n) is 5.37. The Labute approximate surface area is 127 Å². The molecule has 0 fully saturated rings. The van der Waals surface area contributed by atoms with Gasteiger partial charge in [0.1, 0.15) is 12.4 Å². The molecule has 0 amide bonds. The highest BCUT2D eigenvalue weighted by Gasteiger charge is 2.16. The summed E-state index contributed by atoms with van der Waals surface area (Å²) < 4.78 is 2.11. The first-order valence-electron chi connectivity index (χ1n) is 7.01. The van der Waals surface area contributed by atoms with Crippen molar-refractivity contribution in [2.75, 3.05) is 5.73 Å². The number of hydrogen-bond donors (Lipinski definition) is 2. The number of thiophene rings is 1. The van der Waals surface area contributed by atoms with Gasteiger partial charge in [-0.3, -0.25) is 0 Å². The van der Waals surface area contributed by atoms with Gasteiger partial charge < -0.3 is 15.4 Å². The van der Waals surface area contributed by atoms with Crippen molar-refractivity contribution in [3.8, 4) is 0 Å². The number of anilines is 1. The summed E-state index contributed by atoms with van der Waals surface area (Å²) in [6.45, 7) is 4.21. The molecule has 3 rings (SSSR count). The number of nitrogens with two attached hydrogens (primary N) is 1. The van der Waals surface area contributed by atoms with E-state index in [-0.39, 0.29) is 12.6 Å². The van der Waals surface area contributed by atoms with Gasteiger partial charge in [-0.25, -0.2) is 4.98 Å². The van der Waals surface area contributed by atoms with E-state index in [0.717, 1.165) is 17.5 Å². The summed E-state index contributed by atoms with van der Waals surface area (Å²) in [6, 6.07) is 10.3. The summed E-state index contributed by atoms with van der Waals surface area (Å²) in [6.07, 6.45) is 0.932. The summed E-state index contributed by atoms with van der Waals surface area (Å²) in [7, 11) is 0. The Kier molecular flexibility index (Phi) is 3.69. The maximum Gasteiger partial charge on any atom is 0.135 e. The van der Waals surface area contributed by atoms with Crippen LogP contribution in [0.25, 0.3) is 11.0 Å². The molecule has 1 aromatic carbocycles. The van der Waals surface area contributed by atoms with Crippen molar-refractivity contribution in [2.45, 2.75) is 32.9 Å². The van der Waals surface area contributed by atoms with Crippen molar-refractivity contribution < 1.29 is 5.11 Å². The monoisotopic (exact) mass is 301 g/mol. The molecule has 0 bridgehead atoms. The Morgan fingerprint density at radius 1 is 1.33 bits per heavy atom. The average molecular weight is 301 g/mol. The highest BCUT2D eigenvalue weighted by atomic mass is 32.1. The molecule has 0 saturated carbocycles. The summed E-state index contributed by atoms with van der Waals surface area (Å²) in [5.41, 5.74) is 8.37. The number of aliphatic hydroxyl groups excluding tert-OH is 1. The number of aliphatic hydroxyl groups is 1. The topological polar surface area (TPSA) is 64.1 Å². The molecule has 3 N–H and O–H groups in total. The molecular weight excluding hydrogens is 282 g/mol. The van der Waals surface area contributed by atoms with Crippen LogP contribution in [-0.2, 0) is 13.0 Å². The number of imidazole rings is 1. The number of aryl methyl sites for hydroxylation is 1. The van der Waals surface area contributed by atoms with Gasteiger partial charge in [0.15, 0.2) is 0 Å². The first-order chi connectivity index (χ1) is 10.1. The maximum atomic E-state index is 9.60. The molecule has 4 nitrogen and oxygen atoms in total. The normalized spacial score (nSPS) is 12.9. The lowest BCUT2D eigenvalue weighted by molar-refractivity contribution is 0.262. The first-order valence-corrected chi connectivity index (χ1v) is 7.82.